The van der Waals surface area contributed by atoms with Crippen molar-refractivity contribution in [2.75, 3.05) is 72.0 Å². The molecular weight excluding hydrogens is 532 g/mol. The maximum atomic E-state index is 9.62. The number of fused-ring (bicyclic) bond motifs is 1. The number of benzene rings is 2. The summed E-state index contributed by atoms with van der Waals surface area (Å²) < 4.78 is 0. The van der Waals surface area contributed by atoms with Gasteiger partial charge in [-0.3, -0.25) is 9.89 Å². The van der Waals surface area contributed by atoms with Gasteiger partial charge in [-0.05, 0) is 55.5 Å². The van der Waals surface area contributed by atoms with Gasteiger partial charge in [-0.2, -0.15) is 10.1 Å². The largest absolute Gasteiger partial charge is 0.508 e. The zero-order valence-corrected chi connectivity index (χ0v) is 23.5. The van der Waals surface area contributed by atoms with Crippen molar-refractivity contribution in [2.45, 2.75) is 19.0 Å². The second-order valence-corrected chi connectivity index (χ2v) is 11.0. The lowest BCUT2D eigenvalue weighted by Crippen LogP contribution is -2.51. The molecular formula is C30H34N10O2. The molecule has 0 radical (unpaired) electrons. The van der Waals surface area contributed by atoms with Gasteiger partial charge in [0.2, 0.25) is 5.96 Å². The van der Waals surface area contributed by atoms with Gasteiger partial charge >= 0.3 is 0 Å². The van der Waals surface area contributed by atoms with E-state index >= 15 is 0 Å². The van der Waals surface area contributed by atoms with Crippen LogP contribution in [0.1, 0.15) is 6.92 Å². The summed E-state index contributed by atoms with van der Waals surface area (Å²) in [6.45, 7) is 8.85. The van der Waals surface area contributed by atoms with E-state index < -0.39 is 0 Å². The van der Waals surface area contributed by atoms with Crippen LogP contribution in [0.4, 0.5) is 22.9 Å². The predicted octanol–water partition coefficient (Wildman–Crippen LogP) is 2.41. The number of hydrogen-bond acceptors (Lipinski definition) is 12. The molecule has 2 aromatic carbocycles. The van der Waals surface area contributed by atoms with Crippen molar-refractivity contribution in [3.8, 4) is 11.5 Å². The van der Waals surface area contributed by atoms with E-state index in [1.807, 2.05) is 35.4 Å². The van der Waals surface area contributed by atoms with Crippen molar-refractivity contribution in [1.29, 1.82) is 0 Å². The number of amidine groups is 1. The molecule has 0 saturated carbocycles. The summed E-state index contributed by atoms with van der Waals surface area (Å²) in [5, 5.41) is 28.0. The molecule has 2 saturated heterocycles. The Morgan fingerprint density at radius 1 is 0.690 bits per heavy atom. The van der Waals surface area contributed by atoms with Crippen molar-refractivity contribution in [1.82, 2.24) is 15.1 Å². The number of piperazine rings is 2. The summed E-state index contributed by atoms with van der Waals surface area (Å²) >= 11 is 0. The van der Waals surface area contributed by atoms with E-state index in [-0.39, 0.29) is 23.6 Å². The fourth-order valence-electron chi connectivity index (χ4n) is 5.93. The minimum atomic E-state index is -0.147. The molecule has 0 spiro atoms. The van der Waals surface area contributed by atoms with Crippen LogP contribution in [-0.4, -0.2) is 108 Å². The molecule has 0 amide bonds. The second kappa shape index (κ2) is 10.8. The molecule has 12 heteroatoms. The van der Waals surface area contributed by atoms with E-state index in [0.717, 1.165) is 81.2 Å². The number of anilines is 4. The van der Waals surface area contributed by atoms with E-state index in [0.29, 0.717) is 5.82 Å². The number of phenols is 2. The van der Waals surface area contributed by atoms with E-state index in [4.69, 9.17) is 15.0 Å². The van der Waals surface area contributed by atoms with Gasteiger partial charge in [0.25, 0.3) is 0 Å². The first-order valence-electron chi connectivity index (χ1n) is 14.4. The zero-order valence-electron chi connectivity index (χ0n) is 23.5. The fourth-order valence-corrected chi connectivity index (χ4v) is 5.93. The molecule has 4 aliphatic rings. The molecule has 4 aliphatic heterocycles. The van der Waals surface area contributed by atoms with Gasteiger partial charge in [0.1, 0.15) is 23.4 Å². The smallest absolute Gasteiger partial charge is 0.222 e. The molecule has 7 rings (SSSR count). The highest BCUT2D eigenvalue weighted by molar-refractivity contribution is 6.21. The molecule has 42 heavy (non-hydrogen) atoms. The summed E-state index contributed by atoms with van der Waals surface area (Å²) in [7, 11) is 0. The van der Waals surface area contributed by atoms with E-state index in [2.05, 4.69) is 42.8 Å². The Morgan fingerprint density at radius 2 is 1.21 bits per heavy atom. The Bertz CT molecular complexity index is 1510. The summed E-state index contributed by atoms with van der Waals surface area (Å²) in [6, 6.07) is 16.6. The quantitative estimate of drug-likeness (QED) is 0.491. The van der Waals surface area contributed by atoms with Crippen molar-refractivity contribution < 1.29 is 10.2 Å². The lowest BCUT2D eigenvalue weighted by atomic mass is 10.1. The Hall–Kier alpha value is -4.87. The number of rotatable bonds is 4. The third kappa shape index (κ3) is 5.04. The Balaban J connectivity index is 1.03. The van der Waals surface area contributed by atoms with Crippen molar-refractivity contribution in [3.63, 3.8) is 0 Å². The first kappa shape index (κ1) is 26.1. The van der Waals surface area contributed by atoms with Gasteiger partial charge in [-0.15, -0.1) is 5.10 Å². The molecule has 2 unspecified atom stereocenters. The van der Waals surface area contributed by atoms with Crippen LogP contribution in [0.25, 0.3) is 0 Å². The third-order valence-electron chi connectivity index (χ3n) is 8.36. The molecule has 0 aliphatic carbocycles. The number of guanidine groups is 1. The normalized spacial score (nSPS) is 22.3. The van der Waals surface area contributed by atoms with Gasteiger partial charge in [0.15, 0.2) is 5.82 Å². The van der Waals surface area contributed by atoms with Gasteiger partial charge in [-0.25, -0.2) is 4.99 Å². The van der Waals surface area contributed by atoms with E-state index in [1.54, 1.807) is 30.6 Å². The molecule has 2 N–H and O–H groups in total. The molecule has 12 nitrogen and oxygen atoms in total. The van der Waals surface area contributed by atoms with Gasteiger partial charge in [0.05, 0.1) is 24.3 Å². The number of aliphatic imine (C=N–C) groups is 3. The first-order chi connectivity index (χ1) is 20.5. The minimum Gasteiger partial charge on any atom is -0.508 e. The van der Waals surface area contributed by atoms with Crippen LogP contribution in [0.5, 0.6) is 11.5 Å². The second-order valence-electron chi connectivity index (χ2n) is 11.0. The lowest BCUT2D eigenvalue weighted by Gasteiger charge is -2.38. The Morgan fingerprint density at radius 3 is 1.79 bits per heavy atom. The van der Waals surface area contributed by atoms with Gasteiger partial charge in [0, 0.05) is 69.8 Å². The maximum absolute atomic E-state index is 9.62. The topological polar surface area (TPSA) is 120 Å². The number of aromatic hydroxyl groups is 2. The SMILES string of the molecule is CC1N=C(N2CCN(c3ccc(O)cc3)CC2)N=C2C1N=CN2c1cc(N2CCN(c3ccc(O)cc3)CC2)cnn1. The number of phenolic OH excluding ortho intramolecular Hbond substituents is 2. The lowest BCUT2D eigenvalue weighted by molar-refractivity contribution is 0.377. The van der Waals surface area contributed by atoms with Gasteiger partial charge in [-0.1, -0.05) is 0 Å². The van der Waals surface area contributed by atoms with Crippen LogP contribution >= 0.6 is 0 Å². The maximum Gasteiger partial charge on any atom is 0.222 e. The minimum absolute atomic E-state index is 0.0343. The number of hydrogen-bond donors (Lipinski definition) is 2. The fraction of sp³-hybridized carbons (Fsp3) is 0.367. The molecule has 216 valence electrons. The highest BCUT2D eigenvalue weighted by atomic mass is 16.3. The molecule has 2 atom stereocenters. The highest BCUT2D eigenvalue weighted by Crippen LogP contribution is 2.28. The van der Waals surface area contributed by atoms with Crippen LogP contribution < -0.4 is 19.6 Å². The van der Waals surface area contributed by atoms with Crippen molar-refractivity contribution in [2.24, 2.45) is 15.0 Å². The predicted molar refractivity (Wildman–Crippen MR) is 166 cm³/mol. The summed E-state index contributed by atoms with van der Waals surface area (Å²) in [6.07, 6.45) is 3.62. The number of nitrogens with zero attached hydrogens (tertiary/aromatic N) is 10. The molecule has 1 aromatic heterocycles. The standard InChI is InChI=1S/C30H34N10O2/c1-21-28-29(34-30(33-21)39-16-14-37(15-17-39)23-4-8-26(42)9-5-23)40(20-31-28)27-18-24(19-32-35-27)38-12-10-36(11-13-38)22-2-6-25(41)7-3-22/h2-9,18-21,28,41-42H,10-17H2,1H3. The van der Waals surface area contributed by atoms with Crippen LogP contribution in [0.2, 0.25) is 0 Å². The molecule has 3 aromatic rings. The monoisotopic (exact) mass is 566 g/mol. The number of aromatic nitrogens is 2. The highest BCUT2D eigenvalue weighted by Gasteiger charge is 2.37. The van der Waals surface area contributed by atoms with Gasteiger partial charge < -0.3 is 29.8 Å². The van der Waals surface area contributed by atoms with Crippen LogP contribution in [0.15, 0.2) is 75.8 Å². The summed E-state index contributed by atoms with van der Waals surface area (Å²) in [5.41, 5.74) is 3.24. The summed E-state index contributed by atoms with van der Waals surface area (Å²) in [5.74, 6) is 2.83. The third-order valence-corrected chi connectivity index (χ3v) is 8.36. The Kier molecular flexibility index (Phi) is 6.73. The van der Waals surface area contributed by atoms with E-state index in [9.17, 15) is 10.2 Å². The molecule has 5 heterocycles. The average molecular weight is 567 g/mol. The van der Waals surface area contributed by atoms with Crippen molar-refractivity contribution in [3.05, 3.63) is 60.8 Å². The molecule has 2 fully saturated rings. The first-order valence-corrected chi connectivity index (χ1v) is 14.4. The van der Waals surface area contributed by atoms with Crippen molar-refractivity contribution >= 4 is 41.0 Å². The van der Waals surface area contributed by atoms with Crippen LogP contribution in [0.3, 0.4) is 0 Å². The average Bonchev–Trinajstić information content (AvgIpc) is 3.47. The Labute approximate surface area is 244 Å². The van der Waals surface area contributed by atoms with E-state index in [1.165, 1.54) is 0 Å². The van der Waals surface area contributed by atoms with Crippen LogP contribution in [-0.2, 0) is 0 Å². The summed E-state index contributed by atoms with van der Waals surface area (Å²) in [4.78, 5) is 25.8. The zero-order chi connectivity index (χ0) is 28.6. The molecule has 0 bridgehead atoms. The van der Waals surface area contributed by atoms with Crippen LogP contribution in [0, 0.1) is 0 Å².